The molecule has 6 nitrogen and oxygen atoms in total. The first kappa shape index (κ1) is 26.8. The average molecular weight is 540 g/mol. The third kappa shape index (κ3) is 7.36. The first-order valence-electron chi connectivity index (χ1n) is 12.3. The van der Waals surface area contributed by atoms with Crippen LogP contribution in [0.3, 0.4) is 0 Å². The van der Waals surface area contributed by atoms with Crippen molar-refractivity contribution in [2.45, 2.75) is 51.0 Å². The number of allylic oxidation sites excluding steroid dienone is 4. The summed E-state index contributed by atoms with van der Waals surface area (Å²) in [4.78, 5) is 18.5. The number of aryl methyl sites for hydroxylation is 1. The van der Waals surface area contributed by atoms with Gasteiger partial charge in [-0.15, -0.1) is 11.3 Å². The van der Waals surface area contributed by atoms with Gasteiger partial charge in [-0.3, -0.25) is 9.52 Å². The fourth-order valence-electron chi connectivity index (χ4n) is 4.33. The molecular formula is C28H30FN3O3S2. The first-order chi connectivity index (χ1) is 17.9. The molecule has 0 bridgehead atoms. The summed E-state index contributed by atoms with van der Waals surface area (Å²) in [6, 6.07) is 13.0. The summed E-state index contributed by atoms with van der Waals surface area (Å²) in [6.45, 7) is 2.03. The van der Waals surface area contributed by atoms with E-state index in [0.717, 1.165) is 41.1 Å². The molecule has 0 fully saturated rings. The maximum absolute atomic E-state index is 14.9. The number of hydrogen-bond acceptors (Lipinski definition) is 5. The fraction of sp³-hybridized carbons (Fsp3) is 0.286. The summed E-state index contributed by atoms with van der Waals surface area (Å²) < 4.78 is 39.1. The monoisotopic (exact) mass is 539 g/mol. The molecule has 0 spiro atoms. The van der Waals surface area contributed by atoms with E-state index in [2.05, 4.69) is 22.2 Å². The maximum atomic E-state index is 14.9. The third-order valence-electron chi connectivity index (χ3n) is 6.27. The Kier molecular flexibility index (Phi) is 9.24. The quantitative estimate of drug-likeness (QED) is 0.276. The zero-order valence-corrected chi connectivity index (χ0v) is 22.2. The second kappa shape index (κ2) is 12.8. The van der Waals surface area contributed by atoms with Crippen molar-refractivity contribution in [1.82, 2.24) is 10.3 Å². The Labute approximate surface area is 222 Å². The van der Waals surface area contributed by atoms with Gasteiger partial charge in [-0.2, -0.15) is 0 Å². The van der Waals surface area contributed by atoms with Gasteiger partial charge in [-0.05, 0) is 55.9 Å². The van der Waals surface area contributed by atoms with Crippen molar-refractivity contribution in [2.24, 2.45) is 0 Å². The SMILES string of the molecule is CCc1csc([C@H](Cc2ccc(N[SH](=O)=O)cc2)NC(=O)C(CC2=CCCC=C2)c2ccccc2F)n1. The summed E-state index contributed by atoms with van der Waals surface area (Å²) in [5.74, 6) is -1.35. The lowest BCUT2D eigenvalue weighted by Gasteiger charge is -2.23. The van der Waals surface area contributed by atoms with E-state index in [1.54, 1.807) is 30.3 Å². The molecule has 2 N–H and O–H groups in total. The van der Waals surface area contributed by atoms with Gasteiger partial charge in [0.15, 0.2) is 0 Å². The van der Waals surface area contributed by atoms with Crippen LogP contribution < -0.4 is 10.0 Å². The van der Waals surface area contributed by atoms with Crippen LogP contribution in [-0.2, 0) is 28.5 Å². The Bertz CT molecular complexity index is 1360. The molecule has 194 valence electrons. The maximum Gasteiger partial charge on any atom is 0.228 e. The van der Waals surface area contributed by atoms with E-state index in [-0.39, 0.29) is 5.91 Å². The topological polar surface area (TPSA) is 88.2 Å². The van der Waals surface area contributed by atoms with Crippen LogP contribution in [0.5, 0.6) is 0 Å². The number of thiol groups is 1. The number of amides is 1. The van der Waals surface area contributed by atoms with Crippen molar-refractivity contribution < 1.29 is 17.6 Å². The molecule has 9 heteroatoms. The van der Waals surface area contributed by atoms with E-state index < -0.39 is 28.7 Å². The molecule has 1 aliphatic rings. The molecule has 1 aromatic heterocycles. The van der Waals surface area contributed by atoms with Crippen LogP contribution in [0.1, 0.15) is 60.0 Å². The van der Waals surface area contributed by atoms with Crippen LogP contribution in [-0.4, -0.2) is 19.3 Å². The number of carbonyl (C=O) groups is 1. The van der Waals surface area contributed by atoms with E-state index in [4.69, 9.17) is 4.98 Å². The van der Waals surface area contributed by atoms with Gasteiger partial charge >= 0.3 is 0 Å². The van der Waals surface area contributed by atoms with Gasteiger partial charge < -0.3 is 5.32 Å². The van der Waals surface area contributed by atoms with Crippen molar-refractivity contribution in [3.8, 4) is 0 Å². The summed E-state index contributed by atoms with van der Waals surface area (Å²) in [6.07, 6.45) is 9.72. The normalized spacial score (nSPS) is 14.7. The summed E-state index contributed by atoms with van der Waals surface area (Å²) >= 11 is 1.49. The number of nitrogens with one attached hydrogen (secondary N) is 2. The summed E-state index contributed by atoms with van der Waals surface area (Å²) in [5, 5.41) is 5.92. The molecule has 2 atom stereocenters. The Hall–Kier alpha value is -3.30. The molecule has 2 aromatic carbocycles. The van der Waals surface area contributed by atoms with Crippen molar-refractivity contribution in [2.75, 3.05) is 4.72 Å². The number of rotatable bonds is 11. The van der Waals surface area contributed by atoms with Crippen molar-refractivity contribution in [1.29, 1.82) is 0 Å². The minimum atomic E-state index is -2.75. The van der Waals surface area contributed by atoms with Gasteiger partial charge in [0.25, 0.3) is 0 Å². The van der Waals surface area contributed by atoms with Crippen molar-refractivity contribution in [3.05, 3.63) is 105 Å². The lowest BCUT2D eigenvalue weighted by atomic mass is 9.88. The number of aromatic nitrogens is 1. The predicted octanol–water partition coefficient (Wildman–Crippen LogP) is 5.63. The Morgan fingerprint density at radius 1 is 1.11 bits per heavy atom. The number of thiazole rings is 1. The van der Waals surface area contributed by atoms with Crippen molar-refractivity contribution >= 4 is 33.8 Å². The fourth-order valence-corrected chi connectivity index (χ4v) is 5.64. The molecule has 0 radical (unpaired) electrons. The predicted molar refractivity (Wildman–Crippen MR) is 147 cm³/mol. The lowest BCUT2D eigenvalue weighted by molar-refractivity contribution is -0.123. The molecule has 1 aliphatic carbocycles. The van der Waals surface area contributed by atoms with Gasteiger partial charge in [-0.25, -0.2) is 17.8 Å². The van der Waals surface area contributed by atoms with E-state index >= 15 is 0 Å². The van der Waals surface area contributed by atoms with Gasteiger partial charge in [0, 0.05) is 16.6 Å². The molecule has 0 aliphatic heterocycles. The Morgan fingerprint density at radius 2 is 1.89 bits per heavy atom. The molecule has 1 unspecified atom stereocenters. The zero-order chi connectivity index (χ0) is 26.2. The minimum Gasteiger partial charge on any atom is -0.346 e. The number of benzene rings is 2. The highest BCUT2D eigenvalue weighted by molar-refractivity contribution is 7.73. The highest BCUT2D eigenvalue weighted by atomic mass is 32.2. The van der Waals surface area contributed by atoms with Gasteiger partial charge in [0.2, 0.25) is 16.8 Å². The molecule has 0 saturated heterocycles. The molecular weight excluding hydrogens is 509 g/mol. The van der Waals surface area contributed by atoms with Crippen molar-refractivity contribution in [3.63, 3.8) is 0 Å². The molecule has 1 heterocycles. The van der Waals surface area contributed by atoms with E-state index in [1.165, 1.54) is 17.4 Å². The van der Waals surface area contributed by atoms with E-state index in [1.807, 2.05) is 30.5 Å². The number of hydrogen-bond donors (Lipinski definition) is 3. The number of halogens is 1. The van der Waals surface area contributed by atoms with Crippen LogP contribution >= 0.6 is 11.3 Å². The second-order valence-electron chi connectivity index (χ2n) is 8.90. The zero-order valence-electron chi connectivity index (χ0n) is 20.5. The Balaban J connectivity index is 1.61. The van der Waals surface area contributed by atoms with Gasteiger partial charge in [-0.1, -0.05) is 61.1 Å². The van der Waals surface area contributed by atoms with Crippen LogP contribution in [0.4, 0.5) is 10.1 Å². The summed E-state index contributed by atoms with van der Waals surface area (Å²) in [7, 11) is -2.75. The van der Waals surface area contributed by atoms with Crippen LogP contribution in [0, 0.1) is 5.82 Å². The van der Waals surface area contributed by atoms with Crippen LogP contribution in [0.15, 0.2) is 77.7 Å². The minimum absolute atomic E-state index is 0.259. The smallest absolute Gasteiger partial charge is 0.228 e. The summed E-state index contributed by atoms with van der Waals surface area (Å²) in [5.41, 5.74) is 3.71. The number of nitrogens with zero attached hydrogens (tertiary/aromatic N) is 1. The van der Waals surface area contributed by atoms with E-state index in [0.29, 0.717) is 24.1 Å². The largest absolute Gasteiger partial charge is 0.346 e. The van der Waals surface area contributed by atoms with Crippen LogP contribution in [0.25, 0.3) is 0 Å². The van der Waals surface area contributed by atoms with E-state index in [9.17, 15) is 17.6 Å². The number of anilines is 1. The lowest BCUT2D eigenvalue weighted by Crippen LogP contribution is -2.34. The third-order valence-corrected chi connectivity index (χ3v) is 7.72. The number of carbonyl (C=O) groups excluding carboxylic acids is 1. The molecule has 0 saturated carbocycles. The molecule has 37 heavy (non-hydrogen) atoms. The second-order valence-corrected chi connectivity index (χ2v) is 10.5. The molecule has 1 amide bonds. The molecule has 4 rings (SSSR count). The van der Waals surface area contributed by atoms with Gasteiger partial charge in [0.05, 0.1) is 17.7 Å². The first-order valence-corrected chi connectivity index (χ1v) is 14.3. The highest BCUT2D eigenvalue weighted by Gasteiger charge is 2.28. The highest BCUT2D eigenvalue weighted by Crippen LogP contribution is 2.31. The Morgan fingerprint density at radius 3 is 2.54 bits per heavy atom. The standard InChI is InChI=1S/C28H30FN3O3S2/c1-2-21-18-36-28(30-21)26(17-20-12-14-22(15-13-20)32-37(34)35)31-27(33)24(16-19-8-4-3-5-9-19)23-10-6-7-11-25(23)29/h4,6-15,18,24,26,37H,2-3,5,16-17H2,1H3,(H,31,33)(H,32,34,35)/t24?,26-/m0/s1. The molecule has 3 aromatic rings. The average Bonchev–Trinajstić information content (AvgIpc) is 3.38. The van der Waals surface area contributed by atoms with Gasteiger partial charge in [0.1, 0.15) is 10.8 Å². The van der Waals surface area contributed by atoms with Crippen LogP contribution in [0.2, 0.25) is 0 Å².